The van der Waals surface area contributed by atoms with E-state index in [2.05, 4.69) is 20.9 Å². The van der Waals surface area contributed by atoms with Crippen molar-refractivity contribution >= 4 is 55.9 Å². The van der Waals surface area contributed by atoms with E-state index in [0.29, 0.717) is 26.4 Å². The normalized spacial score (nSPS) is 10.8. The molecule has 0 atom stereocenters. The Morgan fingerprint density at radius 2 is 2.14 bits per heavy atom. The third kappa shape index (κ3) is 3.45. The molecule has 0 spiro atoms. The molecular formula is C15H15BrClNO2S2. The Labute approximate surface area is 152 Å². The molecule has 118 valence electrons. The van der Waals surface area contributed by atoms with Crippen LogP contribution < -0.4 is 4.74 Å². The van der Waals surface area contributed by atoms with Crippen LogP contribution in [-0.2, 0) is 6.42 Å². The first-order valence-corrected chi connectivity index (χ1v) is 9.35. The van der Waals surface area contributed by atoms with Crippen LogP contribution in [0.5, 0.6) is 11.6 Å². The van der Waals surface area contributed by atoms with E-state index in [1.165, 1.54) is 11.8 Å². The van der Waals surface area contributed by atoms with Crippen molar-refractivity contribution in [2.24, 2.45) is 0 Å². The summed E-state index contributed by atoms with van der Waals surface area (Å²) in [6, 6.07) is 3.79. The number of thioether (sulfide) groups is 1. The highest BCUT2D eigenvalue weighted by molar-refractivity contribution is 9.10. The maximum atomic E-state index is 10.3. The quantitative estimate of drug-likeness (QED) is 0.625. The molecule has 0 aliphatic heterocycles. The number of benzene rings is 1. The minimum Gasteiger partial charge on any atom is -0.494 e. The highest BCUT2D eigenvalue weighted by atomic mass is 79.9. The molecule has 22 heavy (non-hydrogen) atoms. The van der Waals surface area contributed by atoms with Gasteiger partial charge in [0.1, 0.15) is 0 Å². The number of hydrogen-bond donors (Lipinski definition) is 2. The second kappa shape index (κ2) is 7.25. The number of aromatic hydroxyl groups is 1. The summed E-state index contributed by atoms with van der Waals surface area (Å²) in [5.74, 6) is 0.533. The summed E-state index contributed by atoms with van der Waals surface area (Å²) in [5, 5.41) is 10.9. The van der Waals surface area contributed by atoms with Gasteiger partial charge in [-0.15, -0.1) is 0 Å². The molecule has 0 saturated heterocycles. The van der Waals surface area contributed by atoms with Crippen LogP contribution in [0, 0.1) is 6.92 Å². The molecule has 3 nitrogen and oxygen atoms in total. The standard InChI is InChI=1S/C15H15BrClNO2S2/c1-4-8-5-9(16)6-10(17)11(8)12-13(20-15(21)22-3)7(2)18-14(12)19/h5-6,18-19H,4H2,1-3H3. The zero-order valence-corrected chi connectivity index (χ0v) is 16.3. The molecule has 1 heterocycles. The van der Waals surface area contributed by atoms with Gasteiger partial charge in [-0.05, 0) is 49.5 Å². The molecule has 1 aromatic heterocycles. The smallest absolute Gasteiger partial charge is 0.225 e. The number of aromatic nitrogens is 1. The van der Waals surface area contributed by atoms with E-state index >= 15 is 0 Å². The van der Waals surface area contributed by atoms with Gasteiger partial charge >= 0.3 is 0 Å². The number of aryl methyl sites for hydroxylation is 2. The fourth-order valence-corrected chi connectivity index (χ4v) is 3.48. The van der Waals surface area contributed by atoms with E-state index < -0.39 is 0 Å². The third-order valence-electron chi connectivity index (χ3n) is 3.23. The fraction of sp³-hybridized carbons (Fsp3) is 0.267. The molecule has 0 aliphatic rings. The summed E-state index contributed by atoms with van der Waals surface area (Å²) in [6.07, 6.45) is 2.61. The van der Waals surface area contributed by atoms with Crippen molar-refractivity contribution < 1.29 is 9.84 Å². The van der Waals surface area contributed by atoms with Crippen LogP contribution >= 0.6 is 51.5 Å². The maximum Gasteiger partial charge on any atom is 0.225 e. The van der Waals surface area contributed by atoms with Gasteiger partial charge in [0.15, 0.2) is 5.75 Å². The summed E-state index contributed by atoms with van der Waals surface area (Å²) in [6.45, 7) is 3.85. The highest BCUT2D eigenvalue weighted by Gasteiger charge is 2.23. The van der Waals surface area contributed by atoms with Gasteiger partial charge in [-0.1, -0.05) is 46.2 Å². The van der Waals surface area contributed by atoms with Gasteiger partial charge in [0.05, 0.1) is 16.3 Å². The van der Waals surface area contributed by atoms with Crippen LogP contribution in [0.2, 0.25) is 5.02 Å². The second-order valence-electron chi connectivity index (χ2n) is 4.63. The molecular weight excluding hydrogens is 406 g/mol. The zero-order valence-electron chi connectivity index (χ0n) is 12.3. The maximum absolute atomic E-state index is 10.3. The average Bonchev–Trinajstić information content (AvgIpc) is 2.72. The SMILES string of the molecule is CCc1cc(Br)cc(Cl)c1-c1c(O)[nH]c(C)c1OC(=S)SC. The van der Waals surface area contributed by atoms with Crippen LogP contribution in [0.15, 0.2) is 16.6 Å². The number of halogens is 2. The largest absolute Gasteiger partial charge is 0.494 e. The Balaban J connectivity index is 2.70. The topological polar surface area (TPSA) is 45.2 Å². The fourth-order valence-electron chi connectivity index (χ4n) is 2.26. The average molecular weight is 421 g/mol. The number of rotatable bonds is 3. The first-order valence-electron chi connectivity index (χ1n) is 6.54. The lowest BCUT2D eigenvalue weighted by molar-refractivity contribution is 0.457. The van der Waals surface area contributed by atoms with Gasteiger partial charge in [0, 0.05) is 10.0 Å². The van der Waals surface area contributed by atoms with Crippen LogP contribution in [0.4, 0.5) is 0 Å². The van der Waals surface area contributed by atoms with Crippen molar-refractivity contribution in [1.82, 2.24) is 4.98 Å². The third-order valence-corrected chi connectivity index (χ3v) is 4.99. The highest BCUT2D eigenvalue weighted by Crippen LogP contribution is 2.46. The predicted octanol–water partition coefficient (Wildman–Crippen LogP) is 5.70. The monoisotopic (exact) mass is 419 g/mol. The van der Waals surface area contributed by atoms with E-state index in [0.717, 1.165) is 22.0 Å². The number of nitrogens with one attached hydrogen (secondary N) is 1. The molecule has 0 amide bonds. The van der Waals surface area contributed by atoms with Crippen molar-refractivity contribution in [2.45, 2.75) is 20.3 Å². The van der Waals surface area contributed by atoms with Crippen molar-refractivity contribution in [2.75, 3.05) is 6.26 Å². The number of H-pyrrole nitrogens is 1. The van der Waals surface area contributed by atoms with Crippen molar-refractivity contribution in [1.29, 1.82) is 0 Å². The van der Waals surface area contributed by atoms with Gasteiger partial charge in [-0.25, -0.2) is 0 Å². The summed E-state index contributed by atoms with van der Waals surface area (Å²) in [7, 11) is 0. The van der Waals surface area contributed by atoms with Gasteiger partial charge < -0.3 is 14.8 Å². The summed E-state index contributed by atoms with van der Waals surface area (Å²) in [4.78, 5) is 2.89. The Hall–Kier alpha value is -0.690. The van der Waals surface area contributed by atoms with E-state index in [9.17, 15) is 5.11 Å². The molecule has 0 bridgehead atoms. The van der Waals surface area contributed by atoms with Gasteiger partial charge in [-0.3, -0.25) is 0 Å². The Bertz CT molecular complexity index is 731. The van der Waals surface area contributed by atoms with Crippen LogP contribution in [0.3, 0.4) is 0 Å². The molecule has 1 aromatic carbocycles. The van der Waals surface area contributed by atoms with E-state index in [-0.39, 0.29) is 5.88 Å². The Morgan fingerprint density at radius 1 is 1.45 bits per heavy atom. The second-order valence-corrected chi connectivity index (χ2v) is 7.37. The number of aromatic amines is 1. The van der Waals surface area contributed by atoms with E-state index in [1.54, 1.807) is 6.07 Å². The Morgan fingerprint density at radius 3 is 2.73 bits per heavy atom. The van der Waals surface area contributed by atoms with Gasteiger partial charge in [0.25, 0.3) is 0 Å². The van der Waals surface area contributed by atoms with Gasteiger partial charge in [0.2, 0.25) is 10.3 Å². The molecule has 0 unspecified atom stereocenters. The molecule has 0 aliphatic carbocycles. The Kier molecular flexibility index (Phi) is 5.82. The number of hydrogen-bond acceptors (Lipinski definition) is 4. The molecule has 0 radical (unpaired) electrons. The molecule has 7 heteroatoms. The molecule has 0 saturated carbocycles. The molecule has 2 rings (SSSR count). The van der Waals surface area contributed by atoms with Crippen molar-refractivity contribution in [3.63, 3.8) is 0 Å². The first kappa shape index (κ1) is 17.7. The van der Waals surface area contributed by atoms with E-state index in [4.69, 9.17) is 28.6 Å². The molecule has 0 fully saturated rings. The lowest BCUT2D eigenvalue weighted by Gasteiger charge is -2.13. The predicted molar refractivity (Wildman–Crippen MR) is 101 cm³/mol. The molecule has 2 aromatic rings. The van der Waals surface area contributed by atoms with Crippen LogP contribution in [0.25, 0.3) is 11.1 Å². The summed E-state index contributed by atoms with van der Waals surface area (Å²) < 4.78 is 7.00. The summed E-state index contributed by atoms with van der Waals surface area (Å²) in [5.41, 5.74) is 3.01. The number of thiocarbonyl (C=S) groups is 1. The van der Waals surface area contributed by atoms with Crippen molar-refractivity contribution in [3.8, 4) is 22.8 Å². The zero-order chi connectivity index (χ0) is 16.4. The van der Waals surface area contributed by atoms with Crippen LogP contribution in [-0.4, -0.2) is 20.7 Å². The van der Waals surface area contributed by atoms with Gasteiger partial charge in [-0.2, -0.15) is 0 Å². The minimum absolute atomic E-state index is 0.0234. The first-order chi connectivity index (χ1) is 10.4. The summed E-state index contributed by atoms with van der Waals surface area (Å²) >= 11 is 16.3. The van der Waals surface area contributed by atoms with Crippen molar-refractivity contribution in [3.05, 3.63) is 32.9 Å². The lowest BCUT2D eigenvalue weighted by Crippen LogP contribution is -2.01. The minimum atomic E-state index is 0.0234. The lowest BCUT2D eigenvalue weighted by atomic mass is 9.99. The molecule has 2 N–H and O–H groups in total. The van der Waals surface area contributed by atoms with Crippen LogP contribution in [0.1, 0.15) is 18.2 Å². The van der Waals surface area contributed by atoms with E-state index in [1.807, 2.05) is 26.2 Å². The number of ether oxygens (including phenoxy) is 1.